The Hall–Kier alpha value is -5.23. The predicted molar refractivity (Wildman–Crippen MR) is 176 cm³/mol. The summed E-state index contributed by atoms with van der Waals surface area (Å²) in [7, 11) is 0. The van der Waals surface area contributed by atoms with Gasteiger partial charge in [-0.2, -0.15) is 5.10 Å². The van der Waals surface area contributed by atoms with Crippen molar-refractivity contribution >= 4 is 56.3 Å². The van der Waals surface area contributed by atoms with Crippen molar-refractivity contribution in [3.63, 3.8) is 0 Å². The van der Waals surface area contributed by atoms with Crippen molar-refractivity contribution in [2.75, 3.05) is 25.0 Å². The van der Waals surface area contributed by atoms with Gasteiger partial charge in [0, 0.05) is 42.7 Å². The number of ether oxygens (including phenoxy) is 1. The van der Waals surface area contributed by atoms with Crippen molar-refractivity contribution in [3.8, 4) is 23.6 Å². The Bertz CT molecular complexity index is 1950. The average molecular weight is 700 g/mol. The first kappa shape index (κ1) is 31.7. The van der Waals surface area contributed by atoms with Crippen molar-refractivity contribution < 1.29 is 19.1 Å². The maximum absolute atomic E-state index is 14.2. The molecular weight excluding hydrogens is 668 g/mol. The molecule has 0 saturated carbocycles. The number of rotatable bonds is 8. The second-order valence-corrected chi connectivity index (χ2v) is 12.1. The number of hydrogen-bond acceptors (Lipinski definition) is 11. The topological polar surface area (TPSA) is 169 Å². The number of amides is 2. The number of likely N-dealkylation sites (tertiary alicyclic amines) is 1. The summed E-state index contributed by atoms with van der Waals surface area (Å²) in [5.41, 5.74) is 2.63. The van der Waals surface area contributed by atoms with Crippen LogP contribution in [0.4, 0.5) is 5.82 Å². The van der Waals surface area contributed by atoms with E-state index in [0.29, 0.717) is 64.1 Å². The monoisotopic (exact) mass is 698 g/mol. The van der Waals surface area contributed by atoms with Crippen molar-refractivity contribution in [1.29, 1.82) is 0 Å². The van der Waals surface area contributed by atoms with E-state index in [-0.39, 0.29) is 30.4 Å². The molecule has 0 aliphatic carbocycles. The standard InChI is InChI=1S/C32H31BrN10O4/c1-5-24-20(12-38-32-34-8-9-47-32)10-25(31(46)40-30-17(2)6-7-27(33)39-30)43(24)28(45)16-42-26-15-37-23(21-13-35-19(4)36-14-21)11-22(26)29(41-42)18(3)44/h1,6-7,11,13-15,20,24-25H,8-10,12,16H2,2-4H3,(H,34,38)(H,39,40,46)/t20-,24-,25+/m1/s1. The third-order valence-corrected chi connectivity index (χ3v) is 8.55. The van der Waals surface area contributed by atoms with E-state index < -0.39 is 23.9 Å². The first-order valence-electron chi connectivity index (χ1n) is 14.9. The first-order valence-corrected chi connectivity index (χ1v) is 15.7. The molecule has 4 aromatic heterocycles. The number of terminal acetylenes is 1. The van der Waals surface area contributed by atoms with Crippen LogP contribution >= 0.6 is 15.9 Å². The van der Waals surface area contributed by atoms with Crippen LogP contribution in [0.15, 0.2) is 46.4 Å². The van der Waals surface area contributed by atoms with Crippen LogP contribution in [-0.4, -0.2) is 90.0 Å². The molecule has 47 heavy (non-hydrogen) atoms. The smallest absolute Gasteiger partial charge is 0.284 e. The van der Waals surface area contributed by atoms with Gasteiger partial charge in [-0.15, -0.1) is 6.42 Å². The quantitative estimate of drug-likeness (QED) is 0.159. The molecule has 2 amide bonds. The van der Waals surface area contributed by atoms with Gasteiger partial charge in [-0.3, -0.25) is 24.0 Å². The molecule has 0 aromatic carbocycles. The van der Waals surface area contributed by atoms with E-state index in [1.807, 2.05) is 13.0 Å². The third kappa shape index (κ3) is 6.54. The minimum atomic E-state index is -0.915. The number of anilines is 1. The van der Waals surface area contributed by atoms with E-state index in [9.17, 15) is 14.4 Å². The van der Waals surface area contributed by atoms with Gasteiger partial charge in [0.1, 0.15) is 41.1 Å². The molecule has 1 fully saturated rings. The van der Waals surface area contributed by atoms with Gasteiger partial charge < -0.3 is 20.3 Å². The molecule has 4 aromatic rings. The van der Waals surface area contributed by atoms with Crippen LogP contribution in [0.25, 0.3) is 22.2 Å². The summed E-state index contributed by atoms with van der Waals surface area (Å²) >= 11 is 3.35. The lowest BCUT2D eigenvalue weighted by molar-refractivity contribution is -0.138. The van der Waals surface area contributed by atoms with E-state index in [0.717, 1.165) is 5.56 Å². The van der Waals surface area contributed by atoms with Crippen LogP contribution < -0.4 is 10.6 Å². The number of ketones is 1. The molecule has 1 saturated heterocycles. The Morgan fingerprint density at radius 1 is 1.15 bits per heavy atom. The molecule has 240 valence electrons. The van der Waals surface area contributed by atoms with Crippen molar-refractivity contribution in [2.24, 2.45) is 10.9 Å². The summed E-state index contributed by atoms with van der Waals surface area (Å²) in [4.78, 5) is 63.8. The zero-order valence-corrected chi connectivity index (χ0v) is 27.5. The normalized spacial score (nSPS) is 18.8. The number of amidine groups is 1. The molecule has 2 N–H and O–H groups in total. The number of halogens is 1. The van der Waals surface area contributed by atoms with Crippen LogP contribution in [-0.2, 0) is 20.9 Å². The van der Waals surface area contributed by atoms with Gasteiger partial charge in [-0.25, -0.2) is 19.9 Å². The number of nitrogens with one attached hydrogen (secondary N) is 2. The summed E-state index contributed by atoms with van der Waals surface area (Å²) in [6.07, 6.45) is 11.2. The lowest BCUT2D eigenvalue weighted by Crippen LogP contribution is -2.48. The molecule has 2 aliphatic rings. The number of carbonyl (C=O) groups is 3. The van der Waals surface area contributed by atoms with E-state index in [1.165, 1.54) is 16.5 Å². The van der Waals surface area contributed by atoms with Crippen molar-refractivity contribution in [3.05, 3.63) is 58.5 Å². The molecule has 0 radical (unpaired) electrons. The number of aliphatic imine (C=N–C) groups is 1. The van der Waals surface area contributed by atoms with Gasteiger partial charge in [0.05, 0.1) is 30.0 Å². The molecule has 0 bridgehead atoms. The van der Waals surface area contributed by atoms with E-state index in [4.69, 9.17) is 11.2 Å². The van der Waals surface area contributed by atoms with Crippen LogP contribution in [0.2, 0.25) is 0 Å². The minimum absolute atomic E-state index is 0.185. The summed E-state index contributed by atoms with van der Waals surface area (Å²) in [5.74, 6) is 2.28. The lowest BCUT2D eigenvalue weighted by atomic mass is 9.99. The Morgan fingerprint density at radius 3 is 2.64 bits per heavy atom. The maximum Gasteiger partial charge on any atom is 0.284 e. The molecular formula is C32H31BrN10O4. The van der Waals surface area contributed by atoms with E-state index >= 15 is 0 Å². The number of fused-ring (bicyclic) bond motifs is 1. The predicted octanol–water partition coefficient (Wildman–Crippen LogP) is 2.70. The summed E-state index contributed by atoms with van der Waals surface area (Å²) in [6, 6.07) is 4.09. The number of aryl methyl sites for hydroxylation is 2. The van der Waals surface area contributed by atoms with Crippen molar-refractivity contribution in [1.82, 2.24) is 39.9 Å². The van der Waals surface area contributed by atoms with Gasteiger partial charge in [-0.05, 0) is 53.9 Å². The fourth-order valence-corrected chi connectivity index (χ4v) is 6.07. The highest BCUT2D eigenvalue weighted by Gasteiger charge is 2.46. The van der Waals surface area contributed by atoms with E-state index in [1.54, 1.807) is 37.6 Å². The van der Waals surface area contributed by atoms with Gasteiger partial charge in [-0.1, -0.05) is 12.0 Å². The third-order valence-electron chi connectivity index (χ3n) is 8.11. The minimum Gasteiger partial charge on any atom is -0.463 e. The zero-order chi connectivity index (χ0) is 33.2. The molecule has 6 rings (SSSR count). The number of pyridine rings is 2. The second-order valence-electron chi connectivity index (χ2n) is 11.3. The fraction of sp³-hybridized carbons (Fsp3) is 0.344. The molecule has 14 nitrogen and oxygen atoms in total. The molecule has 3 atom stereocenters. The van der Waals surface area contributed by atoms with Crippen LogP contribution in [0.1, 0.15) is 35.2 Å². The van der Waals surface area contributed by atoms with Gasteiger partial charge >= 0.3 is 0 Å². The Morgan fingerprint density at radius 2 is 1.94 bits per heavy atom. The highest BCUT2D eigenvalue weighted by molar-refractivity contribution is 9.10. The molecule has 0 spiro atoms. The second kappa shape index (κ2) is 13.2. The molecule has 6 heterocycles. The largest absolute Gasteiger partial charge is 0.463 e. The van der Waals surface area contributed by atoms with Crippen LogP contribution in [0.3, 0.4) is 0 Å². The maximum atomic E-state index is 14.2. The highest BCUT2D eigenvalue weighted by Crippen LogP contribution is 2.32. The number of aromatic nitrogens is 6. The Balaban J connectivity index is 1.32. The Kier molecular flexibility index (Phi) is 8.95. The van der Waals surface area contributed by atoms with Gasteiger partial charge in [0.25, 0.3) is 6.02 Å². The SMILES string of the molecule is C#C[C@@H]1[C@@H](CNC2=NCCO2)C[C@@H](C(=O)Nc2nc(Br)ccc2C)N1C(=O)Cn1nc(C(C)=O)c2cc(-c3cnc(C)nc3)ncc21. The lowest BCUT2D eigenvalue weighted by Gasteiger charge is -2.28. The summed E-state index contributed by atoms with van der Waals surface area (Å²) < 4.78 is 7.46. The van der Waals surface area contributed by atoms with Crippen LogP contribution in [0.5, 0.6) is 0 Å². The van der Waals surface area contributed by atoms with Gasteiger partial charge in [0.15, 0.2) is 5.78 Å². The molecule has 15 heteroatoms. The van der Waals surface area contributed by atoms with Crippen molar-refractivity contribution in [2.45, 2.75) is 45.8 Å². The Labute approximate surface area is 278 Å². The zero-order valence-electron chi connectivity index (χ0n) is 25.9. The summed E-state index contributed by atoms with van der Waals surface area (Å²) in [5, 5.41) is 11.1. The highest BCUT2D eigenvalue weighted by atomic mass is 79.9. The van der Waals surface area contributed by atoms with E-state index in [2.05, 4.69) is 62.5 Å². The van der Waals surface area contributed by atoms with Gasteiger partial charge in [0.2, 0.25) is 11.8 Å². The van der Waals surface area contributed by atoms with Crippen LogP contribution in [0, 0.1) is 32.1 Å². The molecule has 2 aliphatic heterocycles. The summed E-state index contributed by atoms with van der Waals surface area (Å²) in [6.45, 7) is 6.10. The molecule has 0 unspecified atom stereocenters. The fourth-order valence-electron chi connectivity index (χ4n) is 5.76. The number of carbonyl (C=O) groups excluding carboxylic acids is 3. The number of Topliss-reactive ketones (excluding diaryl/α,β-unsaturated/α-hetero) is 1. The number of hydrogen-bond donors (Lipinski definition) is 2. The number of nitrogens with zero attached hydrogens (tertiary/aromatic N) is 8. The first-order chi connectivity index (χ1) is 22.6. The average Bonchev–Trinajstić information content (AvgIpc) is 3.79.